The van der Waals surface area contributed by atoms with Crippen LogP contribution < -0.4 is 16.2 Å². The molecule has 0 bridgehead atoms. The fraction of sp³-hybridized carbons (Fsp3) is 0.167. The Morgan fingerprint density at radius 3 is 2.75 bits per heavy atom. The van der Waals surface area contributed by atoms with Crippen LogP contribution in [-0.4, -0.2) is 30.6 Å². The molecule has 0 aliphatic heterocycles. The van der Waals surface area contributed by atoms with Gasteiger partial charge >= 0.3 is 6.01 Å². The van der Waals surface area contributed by atoms with Gasteiger partial charge in [-0.3, -0.25) is 14.5 Å². The summed E-state index contributed by atoms with van der Waals surface area (Å²) in [4.78, 5) is 25.9. The molecular formula is C18H17N7O2S. The lowest BCUT2D eigenvalue weighted by Gasteiger charge is -2.08. The van der Waals surface area contributed by atoms with Gasteiger partial charge in [0.2, 0.25) is 0 Å². The van der Waals surface area contributed by atoms with Crippen LogP contribution in [0.15, 0.2) is 30.5 Å². The molecule has 0 unspecified atom stereocenters. The van der Waals surface area contributed by atoms with Crippen molar-refractivity contribution in [1.29, 1.82) is 0 Å². The lowest BCUT2D eigenvalue weighted by molar-refractivity contribution is 0.100. The quantitative estimate of drug-likeness (QED) is 0.528. The molecule has 0 aliphatic carbocycles. The van der Waals surface area contributed by atoms with Crippen LogP contribution in [0.4, 0.5) is 5.69 Å². The highest BCUT2D eigenvalue weighted by atomic mass is 32.1. The minimum Gasteiger partial charge on any atom is -0.457 e. The molecule has 0 atom stereocenters. The second kappa shape index (κ2) is 6.89. The molecule has 142 valence electrons. The van der Waals surface area contributed by atoms with Crippen molar-refractivity contribution in [2.45, 2.75) is 13.5 Å². The van der Waals surface area contributed by atoms with Gasteiger partial charge in [-0.15, -0.1) is 11.3 Å². The van der Waals surface area contributed by atoms with E-state index in [1.165, 1.54) is 0 Å². The first-order chi connectivity index (χ1) is 13.4. The number of thiophene rings is 1. The summed E-state index contributed by atoms with van der Waals surface area (Å²) in [5, 5.41) is 4.81. The van der Waals surface area contributed by atoms with Gasteiger partial charge in [0.1, 0.15) is 22.0 Å². The highest BCUT2D eigenvalue weighted by Gasteiger charge is 2.22. The lowest BCUT2D eigenvalue weighted by atomic mass is 10.1. The average Bonchev–Trinajstić information content (AvgIpc) is 3.22. The van der Waals surface area contributed by atoms with Crippen LogP contribution in [0.1, 0.15) is 21.1 Å². The lowest BCUT2D eigenvalue weighted by Crippen LogP contribution is -2.10. The SMILES string of the molecule is Cc1cccc(-c2nc(OCc3ccn(C)n3)nc3sc(C(N)=O)c(N)c23)n1. The molecule has 0 aromatic carbocycles. The van der Waals surface area contributed by atoms with Crippen molar-refractivity contribution in [3.63, 3.8) is 0 Å². The van der Waals surface area contributed by atoms with Crippen LogP contribution in [0, 0.1) is 6.92 Å². The van der Waals surface area contributed by atoms with Crippen LogP contribution in [-0.2, 0) is 13.7 Å². The van der Waals surface area contributed by atoms with E-state index in [1.54, 1.807) is 4.68 Å². The number of nitrogen functional groups attached to an aromatic ring is 1. The Labute approximate surface area is 164 Å². The molecule has 0 fully saturated rings. The smallest absolute Gasteiger partial charge is 0.318 e. The molecule has 0 aliphatic rings. The van der Waals surface area contributed by atoms with Gasteiger partial charge in [-0.25, -0.2) is 0 Å². The Hall–Kier alpha value is -3.53. The van der Waals surface area contributed by atoms with E-state index < -0.39 is 5.91 Å². The minimum atomic E-state index is -0.611. The number of ether oxygens (including phenoxy) is 1. The van der Waals surface area contributed by atoms with E-state index in [0.29, 0.717) is 21.6 Å². The first-order valence-electron chi connectivity index (χ1n) is 8.37. The average molecular weight is 395 g/mol. The molecule has 1 amide bonds. The number of amides is 1. The van der Waals surface area contributed by atoms with E-state index in [2.05, 4.69) is 20.1 Å². The van der Waals surface area contributed by atoms with Crippen molar-refractivity contribution < 1.29 is 9.53 Å². The number of primary amides is 1. The van der Waals surface area contributed by atoms with E-state index >= 15 is 0 Å². The molecule has 4 aromatic heterocycles. The molecule has 4 rings (SSSR count). The van der Waals surface area contributed by atoms with Gasteiger partial charge in [-0.2, -0.15) is 15.1 Å². The van der Waals surface area contributed by atoms with Gasteiger partial charge in [0.15, 0.2) is 0 Å². The molecular weight excluding hydrogens is 378 g/mol. The van der Waals surface area contributed by atoms with Gasteiger partial charge in [-0.05, 0) is 25.1 Å². The number of hydrogen-bond acceptors (Lipinski definition) is 8. The Morgan fingerprint density at radius 1 is 1.25 bits per heavy atom. The van der Waals surface area contributed by atoms with Crippen LogP contribution >= 0.6 is 11.3 Å². The van der Waals surface area contributed by atoms with E-state index in [-0.39, 0.29) is 23.2 Å². The number of nitrogens with zero attached hydrogens (tertiary/aromatic N) is 5. The third kappa shape index (κ3) is 3.25. The van der Waals surface area contributed by atoms with Crippen LogP contribution in [0.25, 0.3) is 21.6 Å². The number of nitrogens with two attached hydrogens (primary N) is 2. The standard InChI is InChI=1S/C18H17N7O2S/c1-9-4-3-5-11(21-9)14-12-13(19)15(16(20)26)28-17(12)23-18(22-14)27-8-10-6-7-25(2)24-10/h3-7H,8,19H2,1-2H3,(H2,20,26). The minimum absolute atomic E-state index is 0.147. The highest BCUT2D eigenvalue weighted by molar-refractivity contribution is 7.21. The summed E-state index contributed by atoms with van der Waals surface area (Å²) < 4.78 is 7.42. The number of aromatic nitrogens is 5. The molecule has 4 N–H and O–H groups in total. The summed E-state index contributed by atoms with van der Waals surface area (Å²) >= 11 is 1.11. The summed E-state index contributed by atoms with van der Waals surface area (Å²) in [6.07, 6.45) is 1.82. The maximum Gasteiger partial charge on any atom is 0.318 e. The van der Waals surface area contributed by atoms with Crippen molar-refractivity contribution in [1.82, 2.24) is 24.7 Å². The molecule has 4 heterocycles. The monoisotopic (exact) mass is 395 g/mol. The van der Waals surface area contributed by atoms with E-state index in [4.69, 9.17) is 16.2 Å². The van der Waals surface area contributed by atoms with Crippen LogP contribution in [0.2, 0.25) is 0 Å². The van der Waals surface area contributed by atoms with Crippen molar-refractivity contribution in [3.05, 3.63) is 46.7 Å². The second-order valence-electron chi connectivity index (χ2n) is 6.18. The number of carbonyl (C=O) groups excluding carboxylic acids is 1. The summed E-state index contributed by atoms with van der Waals surface area (Å²) in [5.41, 5.74) is 14.5. The highest BCUT2D eigenvalue weighted by Crippen LogP contribution is 2.38. The molecule has 10 heteroatoms. The Morgan fingerprint density at radius 2 is 2.07 bits per heavy atom. The maximum absolute atomic E-state index is 11.7. The number of fused-ring (bicyclic) bond motifs is 1. The predicted octanol–water partition coefficient (Wildman–Crippen LogP) is 2.06. The summed E-state index contributed by atoms with van der Waals surface area (Å²) in [7, 11) is 1.83. The van der Waals surface area contributed by atoms with Crippen molar-refractivity contribution >= 4 is 33.1 Å². The van der Waals surface area contributed by atoms with Gasteiger partial charge in [-0.1, -0.05) is 6.07 Å². The van der Waals surface area contributed by atoms with E-state index in [1.807, 2.05) is 44.4 Å². The number of hydrogen-bond donors (Lipinski definition) is 2. The summed E-state index contributed by atoms with van der Waals surface area (Å²) in [6, 6.07) is 7.56. The summed E-state index contributed by atoms with van der Waals surface area (Å²) in [5.74, 6) is -0.611. The molecule has 0 spiro atoms. The molecule has 4 aromatic rings. The third-order valence-corrected chi connectivity index (χ3v) is 5.15. The number of anilines is 1. The fourth-order valence-corrected chi connectivity index (χ4v) is 3.73. The fourth-order valence-electron chi connectivity index (χ4n) is 2.79. The Bertz CT molecular complexity index is 1200. The normalized spacial score (nSPS) is 11.1. The topological polar surface area (TPSA) is 135 Å². The Balaban J connectivity index is 1.84. The van der Waals surface area contributed by atoms with E-state index in [9.17, 15) is 4.79 Å². The van der Waals surface area contributed by atoms with Gasteiger partial charge in [0.25, 0.3) is 5.91 Å². The molecule has 28 heavy (non-hydrogen) atoms. The third-order valence-electron chi connectivity index (χ3n) is 4.04. The molecule has 0 saturated carbocycles. The predicted molar refractivity (Wildman–Crippen MR) is 106 cm³/mol. The maximum atomic E-state index is 11.7. The van der Waals surface area contributed by atoms with Gasteiger partial charge in [0.05, 0.1) is 22.5 Å². The zero-order valence-corrected chi connectivity index (χ0v) is 16.0. The van der Waals surface area contributed by atoms with Gasteiger partial charge < -0.3 is 16.2 Å². The number of carbonyl (C=O) groups is 1. The number of rotatable bonds is 5. The largest absolute Gasteiger partial charge is 0.457 e. The van der Waals surface area contributed by atoms with Crippen molar-refractivity contribution in [2.75, 3.05) is 5.73 Å². The first kappa shape index (κ1) is 17.9. The zero-order chi connectivity index (χ0) is 19.8. The molecule has 9 nitrogen and oxygen atoms in total. The number of pyridine rings is 1. The van der Waals surface area contributed by atoms with Crippen LogP contribution in [0.3, 0.4) is 0 Å². The second-order valence-corrected chi connectivity index (χ2v) is 7.18. The van der Waals surface area contributed by atoms with Crippen molar-refractivity contribution in [3.8, 4) is 17.4 Å². The number of aryl methyl sites for hydroxylation is 2. The van der Waals surface area contributed by atoms with Crippen LogP contribution in [0.5, 0.6) is 6.01 Å². The molecule has 0 saturated heterocycles. The first-order valence-corrected chi connectivity index (χ1v) is 9.19. The molecule has 0 radical (unpaired) electrons. The van der Waals surface area contributed by atoms with E-state index in [0.717, 1.165) is 22.7 Å². The van der Waals surface area contributed by atoms with Crippen molar-refractivity contribution in [2.24, 2.45) is 12.8 Å². The zero-order valence-electron chi connectivity index (χ0n) is 15.2. The Kier molecular flexibility index (Phi) is 4.40. The summed E-state index contributed by atoms with van der Waals surface area (Å²) in [6.45, 7) is 2.09. The van der Waals surface area contributed by atoms with Gasteiger partial charge in [0, 0.05) is 18.9 Å².